The molecule has 1 unspecified atom stereocenters. The Morgan fingerprint density at radius 3 is 2.80 bits per heavy atom. The van der Waals surface area contributed by atoms with Crippen molar-refractivity contribution >= 4 is 17.1 Å². The molecule has 0 bridgehead atoms. The van der Waals surface area contributed by atoms with Crippen LogP contribution in [0.5, 0.6) is 0 Å². The van der Waals surface area contributed by atoms with Gasteiger partial charge in [-0.2, -0.15) is 0 Å². The Kier molecular flexibility index (Phi) is 4.48. The van der Waals surface area contributed by atoms with Gasteiger partial charge in [0.15, 0.2) is 0 Å². The molecule has 0 aliphatic carbocycles. The van der Waals surface area contributed by atoms with Crippen LogP contribution in [-0.4, -0.2) is 52.8 Å². The van der Waals surface area contributed by atoms with E-state index in [1.54, 1.807) is 0 Å². The average molecular weight is 344 g/mol. The summed E-state index contributed by atoms with van der Waals surface area (Å²) < 4.78 is 7.38. The van der Waals surface area contributed by atoms with E-state index in [-0.39, 0.29) is 23.9 Å². The summed E-state index contributed by atoms with van der Waals surface area (Å²) in [5.41, 5.74) is 1.74. The molecule has 3 heterocycles. The van der Waals surface area contributed by atoms with Gasteiger partial charge < -0.3 is 19.9 Å². The van der Waals surface area contributed by atoms with Gasteiger partial charge in [0, 0.05) is 32.3 Å². The summed E-state index contributed by atoms with van der Waals surface area (Å²) in [6, 6.07) is 7.85. The smallest absolute Gasteiger partial charge is 0.326 e. The Balaban J connectivity index is 1.37. The molecule has 1 aromatic carbocycles. The maximum Gasteiger partial charge on any atom is 0.326 e. The molecular formula is C18H24N4O3. The first-order chi connectivity index (χ1) is 12.2. The van der Waals surface area contributed by atoms with Crippen molar-refractivity contribution in [1.82, 2.24) is 19.8 Å². The molecule has 2 saturated heterocycles. The predicted molar refractivity (Wildman–Crippen MR) is 94.8 cm³/mol. The number of carbonyl (C=O) groups excluding carboxylic acids is 1. The van der Waals surface area contributed by atoms with E-state index in [1.165, 1.54) is 0 Å². The molecule has 2 aliphatic rings. The van der Waals surface area contributed by atoms with E-state index < -0.39 is 0 Å². The quantitative estimate of drug-likeness (QED) is 0.892. The zero-order valence-electron chi connectivity index (χ0n) is 14.2. The lowest BCUT2D eigenvalue weighted by molar-refractivity contribution is 0.107. The van der Waals surface area contributed by atoms with Crippen molar-refractivity contribution in [2.45, 2.75) is 37.8 Å². The van der Waals surface area contributed by atoms with E-state index in [1.807, 2.05) is 33.7 Å². The van der Waals surface area contributed by atoms with E-state index in [9.17, 15) is 9.59 Å². The second-order valence-corrected chi connectivity index (χ2v) is 6.86. The number of amides is 2. The molecule has 134 valence electrons. The molecule has 2 N–H and O–H groups in total. The van der Waals surface area contributed by atoms with Crippen LogP contribution >= 0.6 is 0 Å². The van der Waals surface area contributed by atoms with Gasteiger partial charge >= 0.3 is 11.7 Å². The lowest BCUT2D eigenvalue weighted by atomic mass is 10.0. The number of nitrogens with zero attached hydrogens (tertiary/aromatic N) is 2. The lowest BCUT2D eigenvalue weighted by Crippen LogP contribution is -2.47. The minimum absolute atomic E-state index is 0.0276. The summed E-state index contributed by atoms with van der Waals surface area (Å²) in [6.07, 6.45) is 3.83. The van der Waals surface area contributed by atoms with Gasteiger partial charge in [0.05, 0.1) is 17.1 Å². The minimum Gasteiger partial charge on any atom is -0.376 e. The fourth-order valence-electron chi connectivity index (χ4n) is 3.88. The van der Waals surface area contributed by atoms with Gasteiger partial charge in [0.1, 0.15) is 0 Å². The molecule has 4 rings (SSSR count). The van der Waals surface area contributed by atoms with Crippen LogP contribution in [0.15, 0.2) is 29.1 Å². The Hall–Kier alpha value is -2.28. The molecule has 2 amide bonds. The number of piperidine rings is 1. The largest absolute Gasteiger partial charge is 0.376 e. The van der Waals surface area contributed by atoms with Crippen LogP contribution in [0, 0.1) is 0 Å². The van der Waals surface area contributed by atoms with Gasteiger partial charge in [-0.3, -0.25) is 4.57 Å². The third-order valence-electron chi connectivity index (χ3n) is 5.25. The number of para-hydroxylation sites is 2. The number of likely N-dealkylation sites (tertiary alicyclic amines) is 1. The summed E-state index contributed by atoms with van der Waals surface area (Å²) in [4.78, 5) is 29.4. The number of fused-ring (bicyclic) bond motifs is 1. The predicted octanol–water partition coefficient (Wildman–Crippen LogP) is 1.86. The molecule has 1 aromatic heterocycles. The van der Waals surface area contributed by atoms with Gasteiger partial charge in [-0.1, -0.05) is 12.1 Å². The number of aromatic amines is 1. The SMILES string of the molecule is O=C(NCC1CCCO1)N1CCC(n2c(=O)[nH]c3ccccc32)CC1. The molecule has 1 atom stereocenters. The van der Waals surface area contributed by atoms with Gasteiger partial charge in [-0.25, -0.2) is 9.59 Å². The zero-order valence-corrected chi connectivity index (χ0v) is 14.2. The summed E-state index contributed by atoms with van der Waals surface area (Å²) in [7, 11) is 0. The number of ether oxygens (including phenoxy) is 1. The number of nitrogens with one attached hydrogen (secondary N) is 2. The van der Waals surface area contributed by atoms with Gasteiger partial charge in [-0.05, 0) is 37.8 Å². The van der Waals surface area contributed by atoms with Gasteiger partial charge in [-0.15, -0.1) is 0 Å². The second-order valence-electron chi connectivity index (χ2n) is 6.86. The van der Waals surface area contributed by atoms with E-state index in [0.717, 1.165) is 43.3 Å². The fraction of sp³-hybridized carbons (Fsp3) is 0.556. The molecule has 2 aliphatic heterocycles. The molecule has 0 spiro atoms. The third kappa shape index (κ3) is 3.28. The third-order valence-corrected chi connectivity index (χ3v) is 5.25. The van der Waals surface area contributed by atoms with Crippen molar-refractivity contribution < 1.29 is 9.53 Å². The topological polar surface area (TPSA) is 79.4 Å². The van der Waals surface area contributed by atoms with Crippen LogP contribution in [0.25, 0.3) is 11.0 Å². The first-order valence-corrected chi connectivity index (χ1v) is 9.06. The van der Waals surface area contributed by atoms with Crippen LogP contribution in [0.4, 0.5) is 4.79 Å². The van der Waals surface area contributed by atoms with Crippen molar-refractivity contribution in [2.24, 2.45) is 0 Å². The summed E-state index contributed by atoms with van der Waals surface area (Å²) >= 11 is 0. The fourth-order valence-corrected chi connectivity index (χ4v) is 3.88. The summed E-state index contributed by atoms with van der Waals surface area (Å²) in [5.74, 6) is 0. The first kappa shape index (κ1) is 16.2. The van der Waals surface area contributed by atoms with Crippen LogP contribution < -0.4 is 11.0 Å². The minimum atomic E-state index is -0.0671. The van der Waals surface area contributed by atoms with Crippen LogP contribution in [0.1, 0.15) is 31.7 Å². The Morgan fingerprint density at radius 2 is 2.04 bits per heavy atom. The molecule has 7 heteroatoms. The molecule has 0 radical (unpaired) electrons. The summed E-state index contributed by atoms with van der Waals surface area (Å²) in [6.45, 7) is 2.70. The van der Waals surface area contributed by atoms with Crippen molar-refractivity contribution in [3.8, 4) is 0 Å². The monoisotopic (exact) mass is 344 g/mol. The molecular weight excluding hydrogens is 320 g/mol. The lowest BCUT2D eigenvalue weighted by Gasteiger charge is -2.32. The Morgan fingerprint density at radius 1 is 1.24 bits per heavy atom. The number of carbonyl (C=O) groups is 1. The number of rotatable bonds is 3. The van der Waals surface area contributed by atoms with E-state index >= 15 is 0 Å². The summed E-state index contributed by atoms with van der Waals surface area (Å²) in [5, 5.41) is 2.97. The molecule has 25 heavy (non-hydrogen) atoms. The average Bonchev–Trinajstić information content (AvgIpc) is 3.26. The highest BCUT2D eigenvalue weighted by Crippen LogP contribution is 2.24. The number of aromatic nitrogens is 2. The van der Waals surface area contributed by atoms with Crippen molar-refractivity contribution in [3.05, 3.63) is 34.7 Å². The highest BCUT2D eigenvalue weighted by Gasteiger charge is 2.26. The molecule has 2 fully saturated rings. The Bertz CT molecular complexity index is 798. The number of urea groups is 1. The molecule has 7 nitrogen and oxygen atoms in total. The normalized spacial score (nSPS) is 21.8. The van der Waals surface area contributed by atoms with Crippen molar-refractivity contribution in [1.29, 1.82) is 0 Å². The van der Waals surface area contributed by atoms with Gasteiger partial charge in [0.2, 0.25) is 0 Å². The number of benzene rings is 1. The van der Waals surface area contributed by atoms with Crippen LogP contribution in [0.3, 0.4) is 0 Å². The molecule has 0 saturated carbocycles. The maximum atomic E-state index is 12.3. The Labute approximate surface area is 146 Å². The number of H-pyrrole nitrogens is 1. The standard InChI is InChI=1S/C18H24N4O3/c23-17(19-12-14-4-3-11-25-14)21-9-7-13(8-10-21)22-16-6-2-1-5-15(16)20-18(22)24/h1-2,5-6,13-14H,3-4,7-12H2,(H,19,23)(H,20,24). The maximum absolute atomic E-state index is 12.3. The van der Waals surface area contributed by atoms with E-state index in [2.05, 4.69) is 10.3 Å². The molecule has 2 aromatic rings. The van der Waals surface area contributed by atoms with Crippen LogP contribution in [-0.2, 0) is 4.74 Å². The number of hydrogen-bond acceptors (Lipinski definition) is 3. The van der Waals surface area contributed by atoms with E-state index in [0.29, 0.717) is 19.6 Å². The second kappa shape index (κ2) is 6.92. The highest BCUT2D eigenvalue weighted by atomic mass is 16.5. The number of imidazole rings is 1. The highest BCUT2D eigenvalue weighted by molar-refractivity contribution is 5.75. The number of hydrogen-bond donors (Lipinski definition) is 2. The van der Waals surface area contributed by atoms with Crippen molar-refractivity contribution in [3.63, 3.8) is 0 Å². The van der Waals surface area contributed by atoms with E-state index in [4.69, 9.17) is 4.74 Å². The first-order valence-electron chi connectivity index (χ1n) is 9.06. The van der Waals surface area contributed by atoms with Crippen LogP contribution in [0.2, 0.25) is 0 Å². The zero-order chi connectivity index (χ0) is 17.2. The van der Waals surface area contributed by atoms with Gasteiger partial charge in [0.25, 0.3) is 0 Å². The van der Waals surface area contributed by atoms with Crippen molar-refractivity contribution in [2.75, 3.05) is 26.2 Å².